The Morgan fingerprint density at radius 1 is 1.00 bits per heavy atom. The van der Waals surface area contributed by atoms with Crippen molar-refractivity contribution in [2.75, 3.05) is 0 Å². The van der Waals surface area contributed by atoms with Gasteiger partial charge in [0, 0.05) is 23.2 Å². The summed E-state index contributed by atoms with van der Waals surface area (Å²) in [6.07, 6.45) is 3.45. The second kappa shape index (κ2) is 9.88. The van der Waals surface area contributed by atoms with Gasteiger partial charge in [-0.1, -0.05) is 53.7 Å². The van der Waals surface area contributed by atoms with Gasteiger partial charge < -0.3 is 14.9 Å². The van der Waals surface area contributed by atoms with Crippen LogP contribution in [0.25, 0.3) is 34.0 Å². The smallest absolute Gasteiger partial charge is 0.306 e. The molecule has 0 spiro atoms. The third-order valence-electron chi connectivity index (χ3n) is 7.39. The number of hydrogen-bond donors (Lipinski definition) is 2. The van der Waals surface area contributed by atoms with E-state index in [1.165, 1.54) is 22.3 Å². The van der Waals surface area contributed by atoms with Crippen molar-refractivity contribution in [3.05, 3.63) is 83.4 Å². The Bertz CT molecular complexity index is 1400. The van der Waals surface area contributed by atoms with Gasteiger partial charge in [-0.3, -0.25) is 4.79 Å². The Hall–Kier alpha value is -3.48. The summed E-state index contributed by atoms with van der Waals surface area (Å²) < 4.78 is 5.63. The second-order valence-electron chi connectivity index (χ2n) is 9.69. The van der Waals surface area contributed by atoms with Crippen LogP contribution < -0.4 is 5.32 Å². The van der Waals surface area contributed by atoms with Gasteiger partial charge in [0.15, 0.2) is 0 Å². The van der Waals surface area contributed by atoms with Gasteiger partial charge in [-0.05, 0) is 78.6 Å². The lowest BCUT2D eigenvalue weighted by Crippen LogP contribution is -2.45. The van der Waals surface area contributed by atoms with Gasteiger partial charge in [-0.25, -0.2) is 0 Å². The number of carbonyl (C=O) groups is 1. The van der Waals surface area contributed by atoms with Crippen molar-refractivity contribution in [1.29, 1.82) is 0 Å². The summed E-state index contributed by atoms with van der Waals surface area (Å²) in [7, 11) is 0. The Labute approximate surface area is 216 Å². The van der Waals surface area contributed by atoms with Crippen molar-refractivity contribution < 1.29 is 14.4 Å². The molecule has 6 rings (SSSR count). The fourth-order valence-corrected chi connectivity index (χ4v) is 5.37. The van der Waals surface area contributed by atoms with E-state index in [-0.39, 0.29) is 24.4 Å². The molecule has 1 heterocycles. The number of aliphatic carboxylic acids is 1. The quantitative estimate of drug-likeness (QED) is 0.325. The van der Waals surface area contributed by atoms with Gasteiger partial charge in [0.25, 0.3) is 5.89 Å². The summed E-state index contributed by atoms with van der Waals surface area (Å²) in [5.74, 6) is 0.232. The summed E-state index contributed by atoms with van der Waals surface area (Å²) in [5, 5.41) is 17.0. The first-order valence-electron chi connectivity index (χ1n) is 12.2. The Morgan fingerprint density at radius 3 is 2.53 bits per heavy atom. The maximum absolute atomic E-state index is 11.1. The van der Waals surface area contributed by atoms with E-state index in [1.807, 2.05) is 24.3 Å². The lowest BCUT2D eigenvalue weighted by Gasteiger charge is -2.35. The molecule has 0 amide bonds. The van der Waals surface area contributed by atoms with Crippen molar-refractivity contribution in [2.45, 2.75) is 44.7 Å². The molecule has 184 valence electrons. The van der Waals surface area contributed by atoms with Crippen LogP contribution in [-0.2, 0) is 11.2 Å². The van der Waals surface area contributed by atoms with E-state index in [9.17, 15) is 4.79 Å². The highest BCUT2D eigenvalue weighted by molar-refractivity contribution is 5.85. The van der Waals surface area contributed by atoms with Gasteiger partial charge in [-0.2, -0.15) is 4.98 Å². The van der Waals surface area contributed by atoms with Crippen LogP contribution in [0, 0.1) is 12.8 Å². The zero-order valence-electron chi connectivity index (χ0n) is 20.0. The lowest BCUT2D eigenvalue weighted by atomic mass is 9.80. The average molecular weight is 502 g/mol. The monoisotopic (exact) mass is 501 g/mol. The van der Waals surface area contributed by atoms with Crippen LogP contribution in [0.4, 0.5) is 0 Å². The molecule has 1 atom stereocenters. The van der Waals surface area contributed by atoms with Crippen LogP contribution in [0.15, 0.2) is 71.3 Å². The van der Waals surface area contributed by atoms with E-state index in [0.717, 1.165) is 42.4 Å². The molecule has 1 saturated carbocycles. The van der Waals surface area contributed by atoms with Crippen LogP contribution in [0.5, 0.6) is 0 Å². The van der Waals surface area contributed by atoms with Crippen LogP contribution >= 0.6 is 12.4 Å². The zero-order chi connectivity index (χ0) is 23.9. The van der Waals surface area contributed by atoms with Crippen molar-refractivity contribution in [2.24, 2.45) is 5.92 Å². The Kier molecular flexibility index (Phi) is 6.65. The minimum Gasteiger partial charge on any atom is -0.481 e. The summed E-state index contributed by atoms with van der Waals surface area (Å²) >= 11 is 0. The lowest BCUT2D eigenvalue weighted by molar-refractivity contribution is -0.145. The first kappa shape index (κ1) is 24.2. The molecule has 0 aliphatic heterocycles. The molecule has 7 heteroatoms. The number of halogens is 1. The number of aryl methyl sites for hydroxylation is 2. The molecule has 4 aromatic rings. The number of aromatic nitrogens is 2. The van der Waals surface area contributed by atoms with Gasteiger partial charge >= 0.3 is 5.97 Å². The number of carboxylic acids is 1. The molecule has 2 N–H and O–H groups in total. The summed E-state index contributed by atoms with van der Waals surface area (Å²) in [6.45, 7) is 2.10. The molecule has 36 heavy (non-hydrogen) atoms. The zero-order valence-corrected chi connectivity index (χ0v) is 20.8. The van der Waals surface area contributed by atoms with E-state index < -0.39 is 5.97 Å². The number of benzene rings is 3. The molecule has 1 unspecified atom stereocenters. The predicted octanol–water partition coefficient (Wildman–Crippen LogP) is 6.24. The highest BCUT2D eigenvalue weighted by Crippen LogP contribution is 2.37. The molecule has 0 bridgehead atoms. The molecule has 0 radical (unpaired) electrons. The van der Waals surface area contributed by atoms with Gasteiger partial charge in [0.1, 0.15) is 0 Å². The molecular formula is C29H28ClN3O3. The molecule has 1 aromatic heterocycles. The third kappa shape index (κ3) is 4.54. The SMILES string of the molecule is Cc1cc(-c2nc(-c3ccc4c(c3)CCC4NC3CC(C(=O)O)C3)no2)ccc1-c1ccccc1.Cl. The molecule has 3 aromatic carbocycles. The number of nitrogens with zero attached hydrogens (tertiary/aromatic N) is 2. The average Bonchev–Trinajstić information content (AvgIpc) is 3.48. The van der Waals surface area contributed by atoms with Crippen molar-refractivity contribution in [3.8, 4) is 34.0 Å². The Morgan fingerprint density at radius 2 is 1.78 bits per heavy atom. The maximum Gasteiger partial charge on any atom is 0.306 e. The number of fused-ring (bicyclic) bond motifs is 1. The molecular weight excluding hydrogens is 474 g/mol. The van der Waals surface area contributed by atoms with Crippen molar-refractivity contribution >= 4 is 18.4 Å². The Balaban J connectivity index is 0.00000267. The summed E-state index contributed by atoms with van der Waals surface area (Å²) in [4.78, 5) is 15.8. The molecule has 0 saturated heterocycles. The van der Waals surface area contributed by atoms with Crippen LogP contribution in [0.2, 0.25) is 0 Å². The van der Waals surface area contributed by atoms with Gasteiger partial charge in [0.2, 0.25) is 5.82 Å². The molecule has 2 aliphatic rings. The van der Waals surface area contributed by atoms with Crippen LogP contribution in [-0.4, -0.2) is 27.3 Å². The highest BCUT2D eigenvalue weighted by Gasteiger charge is 2.36. The number of rotatable bonds is 6. The predicted molar refractivity (Wildman–Crippen MR) is 141 cm³/mol. The first-order valence-corrected chi connectivity index (χ1v) is 12.2. The fourth-order valence-electron chi connectivity index (χ4n) is 5.37. The number of hydrogen-bond acceptors (Lipinski definition) is 5. The van der Waals surface area contributed by atoms with E-state index in [0.29, 0.717) is 17.8 Å². The number of carboxylic acid groups (broad SMARTS) is 1. The van der Waals surface area contributed by atoms with Crippen molar-refractivity contribution in [1.82, 2.24) is 15.5 Å². The van der Waals surface area contributed by atoms with E-state index in [1.54, 1.807) is 0 Å². The number of nitrogens with one attached hydrogen (secondary N) is 1. The fraction of sp³-hybridized carbons (Fsp3) is 0.276. The van der Waals surface area contributed by atoms with Gasteiger partial charge in [-0.15, -0.1) is 12.4 Å². The minimum atomic E-state index is -0.679. The highest BCUT2D eigenvalue weighted by atomic mass is 35.5. The second-order valence-corrected chi connectivity index (χ2v) is 9.69. The van der Waals surface area contributed by atoms with E-state index in [4.69, 9.17) is 9.63 Å². The van der Waals surface area contributed by atoms with E-state index in [2.05, 4.69) is 64.8 Å². The standard InChI is InChI=1S/C29H27N3O3.ClH/c1-17-13-21(8-10-24(17)18-5-3-2-4-6-18)28-31-27(32-35-28)20-7-11-25-19(14-20)9-12-26(25)30-23-15-22(16-23)29(33)34;/h2-8,10-11,13-14,22-23,26,30H,9,12,15-16H2,1H3,(H,33,34);1H. The molecule has 1 fully saturated rings. The normalized spacial score (nSPS) is 20.3. The molecule has 2 aliphatic carbocycles. The van der Waals surface area contributed by atoms with Crippen LogP contribution in [0.3, 0.4) is 0 Å². The third-order valence-corrected chi connectivity index (χ3v) is 7.39. The molecule has 6 nitrogen and oxygen atoms in total. The van der Waals surface area contributed by atoms with Gasteiger partial charge in [0.05, 0.1) is 5.92 Å². The minimum absolute atomic E-state index is 0. The topological polar surface area (TPSA) is 88.2 Å². The van der Waals surface area contributed by atoms with Crippen molar-refractivity contribution in [3.63, 3.8) is 0 Å². The maximum atomic E-state index is 11.1. The van der Waals surface area contributed by atoms with E-state index >= 15 is 0 Å². The largest absolute Gasteiger partial charge is 0.481 e. The first-order chi connectivity index (χ1) is 17.0. The van der Waals surface area contributed by atoms with Crippen LogP contribution in [0.1, 0.15) is 42.0 Å². The summed E-state index contributed by atoms with van der Waals surface area (Å²) in [6, 6.07) is 23.5. The summed E-state index contributed by atoms with van der Waals surface area (Å²) in [5.41, 5.74) is 7.99.